The topological polar surface area (TPSA) is 36.8 Å². The van der Waals surface area contributed by atoms with Crippen molar-refractivity contribution in [3.05, 3.63) is 42.0 Å². The van der Waals surface area contributed by atoms with Crippen LogP contribution in [0, 0.1) is 0 Å². The highest BCUT2D eigenvalue weighted by Crippen LogP contribution is 2.17. The minimum atomic E-state index is 0.153. The summed E-state index contributed by atoms with van der Waals surface area (Å²) in [6.07, 6.45) is 10.6. The van der Waals surface area contributed by atoms with E-state index < -0.39 is 0 Å². The zero-order valence-corrected chi connectivity index (χ0v) is 14.5. The molecule has 1 heterocycles. The first kappa shape index (κ1) is 17.0. The molecule has 1 aromatic carbocycles. The van der Waals surface area contributed by atoms with E-state index in [2.05, 4.69) is 41.7 Å². The number of hydrogen-bond donors (Lipinski definition) is 2. The second-order valence-corrected chi connectivity index (χ2v) is 7.04. The molecule has 130 valence electrons. The van der Waals surface area contributed by atoms with Gasteiger partial charge in [-0.25, -0.2) is 4.79 Å². The van der Waals surface area contributed by atoms with Crippen molar-refractivity contribution in [2.75, 3.05) is 32.7 Å². The summed E-state index contributed by atoms with van der Waals surface area (Å²) < 4.78 is 0. The Labute approximate surface area is 145 Å². The van der Waals surface area contributed by atoms with Crippen LogP contribution in [-0.4, -0.2) is 49.7 Å². The molecule has 0 bridgehead atoms. The average Bonchev–Trinajstić information content (AvgIpc) is 2.64. The summed E-state index contributed by atoms with van der Waals surface area (Å²) in [4.78, 5) is 15.9. The van der Waals surface area contributed by atoms with Crippen molar-refractivity contribution in [3.8, 4) is 0 Å². The zero-order valence-electron chi connectivity index (χ0n) is 14.5. The SMILES string of the molecule is O=C(NC1CCCCC1)N1CC[NH+](C/C=C/c2ccccc2)CC1. The van der Waals surface area contributed by atoms with Gasteiger partial charge in [0.25, 0.3) is 0 Å². The first-order valence-corrected chi connectivity index (χ1v) is 9.42. The summed E-state index contributed by atoms with van der Waals surface area (Å²) in [6, 6.07) is 11.0. The van der Waals surface area contributed by atoms with Crippen LogP contribution in [0.5, 0.6) is 0 Å². The van der Waals surface area contributed by atoms with Crippen LogP contribution in [0.2, 0.25) is 0 Å². The number of amides is 2. The van der Waals surface area contributed by atoms with Crippen LogP contribution in [0.15, 0.2) is 36.4 Å². The van der Waals surface area contributed by atoms with Crippen molar-refractivity contribution < 1.29 is 9.69 Å². The second kappa shape index (κ2) is 8.88. The molecule has 4 nitrogen and oxygen atoms in total. The number of nitrogens with one attached hydrogen (secondary N) is 2. The molecule has 24 heavy (non-hydrogen) atoms. The number of nitrogens with zero attached hydrogens (tertiary/aromatic N) is 1. The molecule has 0 aromatic heterocycles. The molecule has 2 fully saturated rings. The minimum absolute atomic E-state index is 0.153. The van der Waals surface area contributed by atoms with E-state index in [4.69, 9.17) is 0 Å². The zero-order chi connectivity index (χ0) is 16.6. The molecule has 1 aromatic rings. The molecule has 0 atom stereocenters. The van der Waals surface area contributed by atoms with Gasteiger partial charge < -0.3 is 15.1 Å². The number of carbonyl (C=O) groups excluding carboxylic acids is 1. The number of carbonyl (C=O) groups is 1. The number of benzene rings is 1. The summed E-state index contributed by atoms with van der Waals surface area (Å²) in [5.41, 5.74) is 1.25. The smallest absolute Gasteiger partial charge is 0.318 e. The van der Waals surface area contributed by atoms with Gasteiger partial charge in [-0.3, -0.25) is 0 Å². The second-order valence-electron chi connectivity index (χ2n) is 7.04. The van der Waals surface area contributed by atoms with Gasteiger partial charge in [-0.2, -0.15) is 0 Å². The monoisotopic (exact) mass is 328 g/mol. The molecule has 0 radical (unpaired) electrons. The molecule has 2 amide bonds. The van der Waals surface area contributed by atoms with Gasteiger partial charge in [-0.15, -0.1) is 0 Å². The van der Waals surface area contributed by atoms with Crippen molar-refractivity contribution in [3.63, 3.8) is 0 Å². The van der Waals surface area contributed by atoms with E-state index in [1.807, 2.05) is 11.0 Å². The third kappa shape index (κ3) is 5.10. The predicted octanol–water partition coefficient (Wildman–Crippen LogP) is 1.94. The molecule has 0 spiro atoms. The molecule has 4 heteroatoms. The van der Waals surface area contributed by atoms with Crippen LogP contribution < -0.4 is 10.2 Å². The van der Waals surface area contributed by atoms with E-state index in [1.54, 1.807) is 4.90 Å². The van der Waals surface area contributed by atoms with Crippen LogP contribution in [0.1, 0.15) is 37.7 Å². The fourth-order valence-corrected chi connectivity index (χ4v) is 3.67. The number of hydrogen-bond acceptors (Lipinski definition) is 1. The highest BCUT2D eigenvalue weighted by atomic mass is 16.2. The summed E-state index contributed by atoms with van der Waals surface area (Å²) >= 11 is 0. The number of quaternary nitrogens is 1. The Morgan fingerprint density at radius 2 is 1.83 bits per heavy atom. The van der Waals surface area contributed by atoms with E-state index >= 15 is 0 Å². The summed E-state index contributed by atoms with van der Waals surface area (Å²) in [5, 5.41) is 3.23. The van der Waals surface area contributed by atoms with E-state index in [9.17, 15) is 4.79 Å². The Balaban J connectivity index is 1.37. The first-order chi connectivity index (χ1) is 11.8. The third-order valence-corrected chi connectivity index (χ3v) is 5.21. The maximum atomic E-state index is 12.4. The largest absolute Gasteiger partial charge is 0.335 e. The van der Waals surface area contributed by atoms with Crippen molar-refractivity contribution >= 4 is 12.1 Å². The standard InChI is InChI=1S/C20H29N3O/c24-20(21-19-11-5-2-6-12-19)23-16-14-22(15-17-23)13-7-10-18-8-3-1-4-9-18/h1,3-4,7-10,19H,2,5-6,11-17H2,(H,21,24)/p+1/b10-7+. The minimum Gasteiger partial charge on any atom is -0.335 e. The summed E-state index contributed by atoms with van der Waals surface area (Å²) in [6.45, 7) is 4.85. The Morgan fingerprint density at radius 3 is 2.54 bits per heavy atom. The molecule has 1 aliphatic heterocycles. The van der Waals surface area contributed by atoms with Crippen molar-refractivity contribution in [2.24, 2.45) is 0 Å². The lowest BCUT2D eigenvalue weighted by Gasteiger charge is -2.33. The van der Waals surface area contributed by atoms with Crippen LogP contribution in [0.25, 0.3) is 6.08 Å². The maximum absolute atomic E-state index is 12.4. The van der Waals surface area contributed by atoms with Crippen molar-refractivity contribution in [2.45, 2.75) is 38.1 Å². The van der Waals surface area contributed by atoms with Gasteiger partial charge in [-0.05, 0) is 24.5 Å². The highest BCUT2D eigenvalue weighted by Gasteiger charge is 2.25. The molecular weight excluding hydrogens is 298 g/mol. The van der Waals surface area contributed by atoms with Gasteiger partial charge in [0.2, 0.25) is 0 Å². The van der Waals surface area contributed by atoms with Crippen molar-refractivity contribution in [1.82, 2.24) is 10.2 Å². The predicted molar refractivity (Wildman–Crippen MR) is 98.0 cm³/mol. The Bertz CT molecular complexity index is 529. The lowest BCUT2D eigenvalue weighted by Crippen LogP contribution is -3.14. The van der Waals surface area contributed by atoms with Gasteiger partial charge in [0.1, 0.15) is 0 Å². The van der Waals surface area contributed by atoms with Gasteiger partial charge in [0.05, 0.1) is 32.7 Å². The molecule has 0 unspecified atom stereocenters. The van der Waals surface area contributed by atoms with E-state index in [-0.39, 0.29) is 6.03 Å². The quantitative estimate of drug-likeness (QED) is 0.871. The number of piperazine rings is 1. The van der Waals surface area contributed by atoms with E-state index in [0.29, 0.717) is 6.04 Å². The molecule has 1 saturated carbocycles. The third-order valence-electron chi connectivity index (χ3n) is 5.21. The van der Waals surface area contributed by atoms with Crippen molar-refractivity contribution in [1.29, 1.82) is 0 Å². The van der Waals surface area contributed by atoms with Crippen LogP contribution in [0.4, 0.5) is 4.79 Å². The summed E-state index contributed by atoms with van der Waals surface area (Å²) in [7, 11) is 0. The molecule has 2 aliphatic rings. The Kier molecular flexibility index (Phi) is 6.30. The molecule has 1 saturated heterocycles. The highest BCUT2D eigenvalue weighted by molar-refractivity contribution is 5.74. The first-order valence-electron chi connectivity index (χ1n) is 9.42. The lowest BCUT2D eigenvalue weighted by atomic mass is 9.96. The van der Waals surface area contributed by atoms with E-state index in [0.717, 1.165) is 45.6 Å². The number of urea groups is 1. The molecule has 1 aliphatic carbocycles. The number of rotatable bonds is 4. The van der Waals surface area contributed by atoms with E-state index in [1.165, 1.54) is 24.8 Å². The van der Waals surface area contributed by atoms with Crippen LogP contribution in [0.3, 0.4) is 0 Å². The van der Waals surface area contributed by atoms with Gasteiger partial charge in [-0.1, -0.05) is 55.7 Å². The maximum Gasteiger partial charge on any atom is 0.318 e. The van der Waals surface area contributed by atoms with Gasteiger partial charge in [0, 0.05) is 6.04 Å². The fourth-order valence-electron chi connectivity index (χ4n) is 3.67. The van der Waals surface area contributed by atoms with Crippen LogP contribution >= 0.6 is 0 Å². The molecule has 2 N–H and O–H groups in total. The van der Waals surface area contributed by atoms with Gasteiger partial charge >= 0.3 is 6.03 Å². The lowest BCUT2D eigenvalue weighted by molar-refractivity contribution is -0.898. The fraction of sp³-hybridized carbons (Fsp3) is 0.550. The normalized spacial score (nSPS) is 20.4. The Morgan fingerprint density at radius 1 is 1.12 bits per heavy atom. The van der Waals surface area contributed by atoms with Crippen LogP contribution in [-0.2, 0) is 0 Å². The van der Waals surface area contributed by atoms with Gasteiger partial charge in [0.15, 0.2) is 0 Å². The molecule has 3 rings (SSSR count). The Hall–Kier alpha value is -1.81. The molecular formula is C20H30N3O+. The summed E-state index contributed by atoms with van der Waals surface area (Å²) in [5.74, 6) is 0. The average molecular weight is 328 g/mol.